The van der Waals surface area contributed by atoms with Crippen LogP contribution < -0.4 is 10.6 Å². The Balaban J connectivity index is 1.58. The average Bonchev–Trinajstić information content (AvgIpc) is 3.52. The number of esters is 2. The standard InChI is InChI=1S/C40H46Cl3N3O7/c1-39(2,3)53-37(49)32(24-28-14-7-4-8-15-28)44-36(48)34-23-22-33(46(34)25-29-16-9-5-10-17-29)31(45-38(50)52-27-40(41,42)43)20-13-21-35(47)51-26-30-18-11-6-12-19-30/h4-19,21,31-34H,20,22-27H2,1-3H3,(H,44,48)(H,45,50)/b21-13+/t31-,32-,33-,34-/m0/s1. The molecule has 2 N–H and O–H groups in total. The predicted octanol–water partition coefficient (Wildman–Crippen LogP) is 7.24. The Morgan fingerprint density at radius 3 is 1.98 bits per heavy atom. The van der Waals surface area contributed by atoms with Crippen molar-refractivity contribution >= 4 is 58.7 Å². The highest BCUT2D eigenvalue weighted by Crippen LogP contribution is 2.31. The Hall–Kier alpha value is -4.09. The first kappa shape index (κ1) is 41.7. The van der Waals surface area contributed by atoms with Crippen LogP contribution in [-0.4, -0.2) is 69.0 Å². The van der Waals surface area contributed by atoms with Gasteiger partial charge in [0.1, 0.15) is 24.9 Å². The van der Waals surface area contributed by atoms with E-state index < -0.39 is 58.2 Å². The van der Waals surface area contributed by atoms with Gasteiger partial charge in [-0.2, -0.15) is 0 Å². The number of nitrogens with one attached hydrogen (secondary N) is 2. The molecule has 13 heteroatoms. The monoisotopic (exact) mass is 785 g/mol. The topological polar surface area (TPSA) is 123 Å². The van der Waals surface area contributed by atoms with Crippen molar-refractivity contribution in [3.05, 3.63) is 120 Å². The summed E-state index contributed by atoms with van der Waals surface area (Å²) in [5, 5.41) is 5.85. The third-order valence-corrected chi connectivity index (χ3v) is 8.69. The maximum Gasteiger partial charge on any atom is 0.407 e. The van der Waals surface area contributed by atoms with Crippen molar-refractivity contribution in [1.82, 2.24) is 15.5 Å². The summed E-state index contributed by atoms with van der Waals surface area (Å²) in [6.45, 7) is 5.29. The summed E-state index contributed by atoms with van der Waals surface area (Å²) in [5.41, 5.74) is 1.87. The van der Waals surface area contributed by atoms with E-state index >= 15 is 0 Å². The van der Waals surface area contributed by atoms with Gasteiger partial charge in [-0.15, -0.1) is 0 Å². The SMILES string of the molecule is CC(C)(C)OC(=O)[C@H](Cc1ccccc1)NC(=O)[C@@H]1CC[C@@H]([C@H](C/C=C/C(=O)OCc2ccccc2)NC(=O)OCC(Cl)(Cl)Cl)N1Cc1ccccc1. The molecular formula is C40H46Cl3N3O7. The van der Waals surface area contributed by atoms with Gasteiger partial charge in [-0.25, -0.2) is 14.4 Å². The molecule has 0 radical (unpaired) electrons. The lowest BCUT2D eigenvalue weighted by molar-refractivity contribution is -0.159. The molecule has 4 rings (SSSR count). The number of carbonyl (C=O) groups is 4. The fraction of sp³-hybridized carbons (Fsp3) is 0.400. The van der Waals surface area contributed by atoms with Crippen LogP contribution >= 0.6 is 34.8 Å². The van der Waals surface area contributed by atoms with Crippen molar-refractivity contribution in [2.24, 2.45) is 0 Å². The minimum atomic E-state index is -1.82. The van der Waals surface area contributed by atoms with Gasteiger partial charge >= 0.3 is 18.0 Å². The molecule has 284 valence electrons. The van der Waals surface area contributed by atoms with Crippen LogP contribution in [0.4, 0.5) is 4.79 Å². The number of likely N-dealkylation sites (tertiary alicyclic amines) is 1. The summed E-state index contributed by atoms with van der Waals surface area (Å²) in [6, 6.07) is 25.6. The van der Waals surface area contributed by atoms with Crippen molar-refractivity contribution in [2.45, 2.75) is 93.2 Å². The molecule has 0 unspecified atom stereocenters. The van der Waals surface area contributed by atoms with E-state index in [1.807, 2.05) is 95.9 Å². The molecular weight excluding hydrogens is 741 g/mol. The second-order valence-corrected chi connectivity index (χ2v) is 16.3. The number of rotatable bonds is 15. The van der Waals surface area contributed by atoms with Crippen LogP contribution in [0.1, 0.15) is 56.7 Å². The van der Waals surface area contributed by atoms with Crippen molar-refractivity contribution < 1.29 is 33.4 Å². The first-order chi connectivity index (χ1) is 25.2. The second-order valence-electron chi connectivity index (χ2n) is 13.8. The molecule has 1 fully saturated rings. The first-order valence-corrected chi connectivity index (χ1v) is 18.5. The molecule has 1 heterocycles. The van der Waals surface area contributed by atoms with Crippen LogP contribution in [0.2, 0.25) is 0 Å². The highest BCUT2D eigenvalue weighted by Gasteiger charge is 2.43. The van der Waals surface area contributed by atoms with E-state index in [9.17, 15) is 19.2 Å². The lowest BCUT2D eigenvalue weighted by Gasteiger charge is -2.35. The smallest absolute Gasteiger partial charge is 0.407 e. The maximum absolute atomic E-state index is 14.2. The number of nitrogens with zero attached hydrogens (tertiary/aromatic N) is 1. The summed E-state index contributed by atoms with van der Waals surface area (Å²) in [4.78, 5) is 55.3. The van der Waals surface area contributed by atoms with Crippen molar-refractivity contribution in [3.63, 3.8) is 0 Å². The second kappa shape index (κ2) is 19.8. The van der Waals surface area contributed by atoms with Crippen molar-refractivity contribution in [2.75, 3.05) is 6.61 Å². The largest absolute Gasteiger partial charge is 0.458 e. The molecule has 4 atom stereocenters. The fourth-order valence-corrected chi connectivity index (χ4v) is 6.21. The Kier molecular flexibility index (Phi) is 15.6. The molecule has 3 aromatic rings. The third kappa shape index (κ3) is 14.7. The summed E-state index contributed by atoms with van der Waals surface area (Å²) >= 11 is 17.5. The number of ether oxygens (including phenoxy) is 3. The number of hydrogen-bond acceptors (Lipinski definition) is 8. The molecule has 53 heavy (non-hydrogen) atoms. The number of halogens is 3. The van der Waals surface area contributed by atoms with Gasteiger partial charge in [0.2, 0.25) is 9.70 Å². The summed E-state index contributed by atoms with van der Waals surface area (Å²) in [5.74, 6) is -1.45. The number of alkyl carbamates (subject to hydrolysis) is 1. The lowest BCUT2D eigenvalue weighted by atomic mass is 10.0. The minimum Gasteiger partial charge on any atom is -0.458 e. The zero-order chi connectivity index (χ0) is 38.4. The maximum atomic E-state index is 14.2. The Morgan fingerprint density at radius 2 is 1.40 bits per heavy atom. The van der Waals surface area contributed by atoms with Gasteiger partial charge in [0, 0.05) is 25.1 Å². The molecule has 2 amide bonds. The predicted molar refractivity (Wildman–Crippen MR) is 205 cm³/mol. The molecule has 0 bridgehead atoms. The van der Waals surface area contributed by atoms with E-state index in [-0.39, 0.29) is 25.4 Å². The quantitative estimate of drug-likeness (QED) is 0.0716. The number of alkyl halides is 3. The number of amides is 2. The molecule has 0 saturated carbocycles. The molecule has 0 aliphatic carbocycles. The van der Waals surface area contributed by atoms with Crippen LogP contribution in [0.15, 0.2) is 103 Å². The summed E-state index contributed by atoms with van der Waals surface area (Å²) in [6.07, 6.45) is 3.41. The van der Waals surface area contributed by atoms with Gasteiger partial charge in [0.05, 0.1) is 12.1 Å². The zero-order valence-electron chi connectivity index (χ0n) is 30.0. The van der Waals surface area contributed by atoms with E-state index in [0.29, 0.717) is 19.4 Å². The molecule has 10 nitrogen and oxygen atoms in total. The van der Waals surface area contributed by atoms with E-state index in [1.54, 1.807) is 26.8 Å². The van der Waals surface area contributed by atoms with Gasteiger partial charge in [0.15, 0.2) is 0 Å². The average molecular weight is 787 g/mol. The molecule has 1 aliphatic heterocycles. The van der Waals surface area contributed by atoms with Gasteiger partial charge in [-0.1, -0.05) is 132 Å². The van der Waals surface area contributed by atoms with Crippen LogP contribution in [0.3, 0.4) is 0 Å². The van der Waals surface area contributed by atoms with Gasteiger partial charge in [-0.05, 0) is 56.7 Å². The number of benzene rings is 3. The van der Waals surface area contributed by atoms with Crippen LogP contribution in [0, 0.1) is 0 Å². The van der Waals surface area contributed by atoms with E-state index in [1.165, 1.54) is 6.08 Å². The van der Waals surface area contributed by atoms with E-state index in [4.69, 9.17) is 49.0 Å². The van der Waals surface area contributed by atoms with Crippen LogP contribution in [0.25, 0.3) is 0 Å². The third-order valence-electron chi connectivity index (χ3n) is 8.37. The van der Waals surface area contributed by atoms with Crippen LogP contribution in [-0.2, 0) is 48.2 Å². The van der Waals surface area contributed by atoms with Gasteiger partial charge in [0.25, 0.3) is 0 Å². The summed E-state index contributed by atoms with van der Waals surface area (Å²) < 4.78 is 14.5. The van der Waals surface area contributed by atoms with Crippen molar-refractivity contribution in [1.29, 1.82) is 0 Å². The van der Waals surface area contributed by atoms with Gasteiger partial charge < -0.3 is 24.8 Å². The van der Waals surface area contributed by atoms with E-state index in [0.717, 1.165) is 16.7 Å². The molecule has 0 spiro atoms. The molecule has 1 saturated heterocycles. The zero-order valence-corrected chi connectivity index (χ0v) is 32.3. The van der Waals surface area contributed by atoms with Crippen LogP contribution in [0.5, 0.6) is 0 Å². The first-order valence-electron chi connectivity index (χ1n) is 17.4. The minimum absolute atomic E-state index is 0.105. The summed E-state index contributed by atoms with van der Waals surface area (Å²) in [7, 11) is 0. The Bertz CT molecular complexity index is 1670. The Morgan fingerprint density at radius 1 is 0.811 bits per heavy atom. The number of hydrogen-bond donors (Lipinski definition) is 2. The highest BCUT2D eigenvalue weighted by atomic mass is 35.6. The normalized spacial score (nSPS) is 17.5. The lowest BCUT2D eigenvalue weighted by Crippen LogP contribution is -2.55. The van der Waals surface area contributed by atoms with Crippen molar-refractivity contribution in [3.8, 4) is 0 Å². The molecule has 1 aliphatic rings. The fourth-order valence-electron chi connectivity index (χ4n) is 6.05. The van der Waals surface area contributed by atoms with Gasteiger partial charge in [-0.3, -0.25) is 9.69 Å². The molecule has 3 aromatic carbocycles. The number of carbonyl (C=O) groups excluding carboxylic acids is 4. The van der Waals surface area contributed by atoms with E-state index in [2.05, 4.69) is 10.6 Å². The Labute approximate surface area is 326 Å². The highest BCUT2D eigenvalue weighted by molar-refractivity contribution is 6.67. The molecule has 0 aromatic heterocycles.